The van der Waals surface area contributed by atoms with Crippen LogP contribution in [0.1, 0.15) is 12.8 Å². The molecule has 0 bridgehead atoms. The van der Waals surface area contributed by atoms with E-state index in [1.807, 2.05) is 24.3 Å². The summed E-state index contributed by atoms with van der Waals surface area (Å²) in [7, 11) is 0. The second-order valence-electron chi connectivity index (χ2n) is 3.76. The minimum absolute atomic E-state index is 0.131. The number of anilines is 1. The van der Waals surface area contributed by atoms with Gasteiger partial charge in [-0.25, -0.2) is 4.79 Å². The highest BCUT2D eigenvalue weighted by molar-refractivity contribution is 9.10. The van der Waals surface area contributed by atoms with Crippen molar-refractivity contribution >= 4 is 27.6 Å². The van der Waals surface area contributed by atoms with Gasteiger partial charge in [-0.15, -0.1) is 0 Å². The maximum atomic E-state index is 11.5. The van der Waals surface area contributed by atoms with Crippen LogP contribution in [0.3, 0.4) is 0 Å². The summed E-state index contributed by atoms with van der Waals surface area (Å²) in [5.74, 6) is 0.704. The van der Waals surface area contributed by atoms with Crippen LogP contribution in [0, 0.1) is 5.92 Å². The van der Waals surface area contributed by atoms with Crippen LogP contribution in [0.25, 0.3) is 0 Å². The Balaban J connectivity index is 1.84. The molecule has 1 aromatic rings. The fraction of sp³-hybridized carbons (Fsp3) is 0.364. The second kappa shape index (κ2) is 4.66. The van der Waals surface area contributed by atoms with Gasteiger partial charge in [0.05, 0.1) is 5.69 Å². The van der Waals surface area contributed by atoms with Gasteiger partial charge >= 0.3 is 6.03 Å². The van der Waals surface area contributed by atoms with Crippen LogP contribution in [0.4, 0.5) is 10.5 Å². The SMILES string of the molecule is O=C(NCC1CC1)Nc1ccccc1Br. The molecule has 1 aliphatic rings. The molecule has 0 atom stereocenters. The lowest BCUT2D eigenvalue weighted by Crippen LogP contribution is -2.30. The highest BCUT2D eigenvalue weighted by atomic mass is 79.9. The minimum atomic E-state index is -0.131. The first-order chi connectivity index (χ1) is 7.25. The largest absolute Gasteiger partial charge is 0.338 e. The monoisotopic (exact) mass is 268 g/mol. The number of para-hydroxylation sites is 1. The maximum absolute atomic E-state index is 11.5. The molecule has 0 aromatic heterocycles. The summed E-state index contributed by atoms with van der Waals surface area (Å²) in [5.41, 5.74) is 0.797. The summed E-state index contributed by atoms with van der Waals surface area (Å²) in [6.07, 6.45) is 2.49. The van der Waals surface area contributed by atoms with E-state index >= 15 is 0 Å². The molecule has 1 aromatic carbocycles. The molecule has 0 radical (unpaired) electrons. The van der Waals surface area contributed by atoms with Gasteiger partial charge in [0.2, 0.25) is 0 Å². The Morgan fingerprint density at radius 3 is 2.80 bits per heavy atom. The van der Waals surface area contributed by atoms with Crippen molar-refractivity contribution in [1.29, 1.82) is 0 Å². The number of benzene rings is 1. The number of carbonyl (C=O) groups excluding carboxylic acids is 1. The molecule has 2 rings (SSSR count). The lowest BCUT2D eigenvalue weighted by molar-refractivity contribution is 0.251. The van der Waals surface area contributed by atoms with Crippen LogP contribution in [-0.4, -0.2) is 12.6 Å². The Kier molecular flexibility index (Phi) is 3.26. The lowest BCUT2D eigenvalue weighted by Gasteiger charge is -2.08. The van der Waals surface area contributed by atoms with E-state index in [9.17, 15) is 4.79 Å². The number of hydrogen-bond acceptors (Lipinski definition) is 1. The van der Waals surface area contributed by atoms with Gasteiger partial charge < -0.3 is 10.6 Å². The number of urea groups is 1. The third-order valence-electron chi connectivity index (χ3n) is 2.37. The Hall–Kier alpha value is -1.03. The third-order valence-corrected chi connectivity index (χ3v) is 3.06. The van der Waals surface area contributed by atoms with Crippen LogP contribution in [-0.2, 0) is 0 Å². The van der Waals surface area contributed by atoms with Crippen molar-refractivity contribution in [3.8, 4) is 0 Å². The van der Waals surface area contributed by atoms with E-state index in [1.54, 1.807) is 0 Å². The van der Waals surface area contributed by atoms with Crippen molar-refractivity contribution < 1.29 is 4.79 Å². The predicted molar refractivity (Wildman–Crippen MR) is 63.9 cm³/mol. The molecule has 2 N–H and O–H groups in total. The van der Waals surface area contributed by atoms with E-state index in [0.717, 1.165) is 16.7 Å². The highest BCUT2D eigenvalue weighted by Gasteiger charge is 2.21. The Morgan fingerprint density at radius 2 is 2.13 bits per heavy atom. The van der Waals surface area contributed by atoms with Crippen LogP contribution in [0.5, 0.6) is 0 Å². The van der Waals surface area contributed by atoms with Crippen LogP contribution < -0.4 is 10.6 Å². The first kappa shape index (κ1) is 10.5. The van der Waals surface area contributed by atoms with Crippen molar-refractivity contribution in [3.63, 3.8) is 0 Å². The molecule has 0 aliphatic heterocycles. The fourth-order valence-corrected chi connectivity index (χ4v) is 1.67. The lowest BCUT2D eigenvalue weighted by atomic mass is 10.3. The van der Waals surface area contributed by atoms with Crippen LogP contribution >= 0.6 is 15.9 Å². The molecule has 0 saturated heterocycles. The van der Waals surface area contributed by atoms with E-state index < -0.39 is 0 Å². The number of carbonyl (C=O) groups is 1. The van der Waals surface area contributed by atoms with Gasteiger partial charge in [0, 0.05) is 11.0 Å². The predicted octanol–water partition coefficient (Wildman–Crippen LogP) is 2.98. The smallest absolute Gasteiger partial charge is 0.319 e. The van der Waals surface area contributed by atoms with Gasteiger partial charge in [-0.1, -0.05) is 12.1 Å². The second-order valence-corrected chi connectivity index (χ2v) is 4.61. The molecule has 1 fully saturated rings. The van der Waals surface area contributed by atoms with E-state index in [2.05, 4.69) is 26.6 Å². The topological polar surface area (TPSA) is 41.1 Å². The van der Waals surface area contributed by atoms with Crippen molar-refractivity contribution in [2.75, 3.05) is 11.9 Å². The molecule has 80 valence electrons. The molecule has 4 heteroatoms. The van der Waals surface area contributed by atoms with Gasteiger partial charge in [0.1, 0.15) is 0 Å². The molecule has 1 saturated carbocycles. The summed E-state index contributed by atoms with van der Waals surface area (Å²) in [5, 5.41) is 5.65. The average molecular weight is 269 g/mol. The Morgan fingerprint density at radius 1 is 1.40 bits per heavy atom. The Bertz CT molecular complexity index is 363. The standard InChI is InChI=1S/C11H13BrN2O/c12-9-3-1-2-4-10(9)14-11(15)13-7-8-5-6-8/h1-4,8H,5-7H2,(H2,13,14,15). The average Bonchev–Trinajstić information content (AvgIpc) is 3.02. The number of amides is 2. The van der Waals surface area contributed by atoms with E-state index in [-0.39, 0.29) is 6.03 Å². The first-order valence-electron chi connectivity index (χ1n) is 5.05. The van der Waals surface area contributed by atoms with Gasteiger partial charge in [0.25, 0.3) is 0 Å². The van der Waals surface area contributed by atoms with Crippen molar-refractivity contribution in [3.05, 3.63) is 28.7 Å². The van der Waals surface area contributed by atoms with Crippen molar-refractivity contribution in [1.82, 2.24) is 5.32 Å². The zero-order valence-corrected chi connectivity index (χ0v) is 9.88. The zero-order chi connectivity index (χ0) is 10.7. The first-order valence-corrected chi connectivity index (χ1v) is 5.84. The van der Waals surface area contributed by atoms with Crippen LogP contribution in [0.2, 0.25) is 0 Å². The molecular formula is C11H13BrN2O. The normalized spacial score (nSPS) is 14.7. The quantitative estimate of drug-likeness (QED) is 0.870. The van der Waals surface area contributed by atoms with Crippen molar-refractivity contribution in [2.24, 2.45) is 5.92 Å². The maximum Gasteiger partial charge on any atom is 0.319 e. The number of hydrogen-bond donors (Lipinski definition) is 2. The molecule has 0 unspecified atom stereocenters. The van der Waals surface area contributed by atoms with Gasteiger partial charge in [-0.3, -0.25) is 0 Å². The summed E-state index contributed by atoms with van der Waals surface area (Å²) >= 11 is 3.37. The molecular weight excluding hydrogens is 256 g/mol. The third kappa shape index (κ3) is 3.23. The summed E-state index contributed by atoms with van der Waals surface area (Å²) in [4.78, 5) is 11.5. The molecule has 0 heterocycles. The van der Waals surface area contributed by atoms with Crippen molar-refractivity contribution in [2.45, 2.75) is 12.8 Å². The minimum Gasteiger partial charge on any atom is -0.338 e. The van der Waals surface area contributed by atoms with Crippen LogP contribution in [0.15, 0.2) is 28.7 Å². The highest BCUT2D eigenvalue weighted by Crippen LogP contribution is 2.27. The number of rotatable bonds is 3. The van der Waals surface area contributed by atoms with E-state index in [4.69, 9.17) is 0 Å². The molecule has 2 amide bonds. The van der Waals surface area contributed by atoms with Gasteiger partial charge in [-0.05, 0) is 46.8 Å². The number of nitrogens with one attached hydrogen (secondary N) is 2. The summed E-state index contributed by atoms with van der Waals surface area (Å²) in [6.45, 7) is 0.788. The molecule has 0 spiro atoms. The van der Waals surface area contributed by atoms with Gasteiger partial charge in [-0.2, -0.15) is 0 Å². The molecule has 1 aliphatic carbocycles. The fourth-order valence-electron chi connectivity index (χ4n) is 1.29. The van der Waals surface area contributed by atoms with Gasteiger partial charge in [0.15, 0.2) is 0 Å². The zero-order valence-electron chi connectivity index (χ0n) is 8.29. The molecule has 3 nitrogen and oxygen atoms in total. The van der Waals surface area contributed by atoms with E-state index in [0.29, 0.717) is 5.92 Å². The summed E-state index contributed by atoms with van der Waals surface area (Å²) in [6, 6.07) is 7.43. The van der Waals surface area contributed by atoms with E-state index in [1.165, 1.54) is 12.8 Å². The summed E-state index contributed by atoms with van der Waals surface area (Å²) < 4.78 is 0.895. The molecule has 15 heavy (non-hydrogen) atoms. The number of halogens is 1. The Labute approximate surface area is 97.4 Å².